The summed E-state index contributed by atoms with van der Waals surface area (Å²) in [5, 5.41) is 0. The van der Waals surface area contributed by atoms with Crippen LogP contribution in [0.5, 0.6) is 0 Å². The van der Waals surface area contributed by atoms with Crippen LogP contribution in [0.2, 0.25) is 0 Å². The van der Waals surface area contributed by atoms with Gasteiger partial charge in [0.25, 0.3) is 0 Å². The van der Waals surface area contributed by atoms with Crippen molar-refractivity contribution in [3.63, 3.8) is 0 Å². The lowest BCUT2D eigenvalue weighted by Gasteiger charge is -2.37. The molecule has 0 saturated carbocycles. The Hall–Kier alpha value is -0.950. The largest absolute Gasteiger partial charge is 0.326 e. The summed E-state index contributed by atoms with van der Waals surface area (Å²) < 4.78 is 27.4. The molecule has 1 aromatic rings. The summed E-state index contributed by atoms with van der Waals surface area (Å²) in [6.07, 6.45) is 2.02. The second-order valence-corrected chi connectivity index (χ2v) is 8.05. The first kappa shape index (κ1) is 16.4. The number of hydrogen-bond acceptors (Lipinski definition) is 4. The molecule has 6 heteroatoms. The number of sulfonamides is 1. The summed E-state index contributed by atoms with van der Waals surface area (Å²) in [5.41, 5.74) is 6.49. The zero-order chi connectivity index (χ0) is 15.5. The highest BCUT2D eigenvalue weighted by Crippen LogP contribution is 2.29. The lowest BCUT2D eigenvalue weighted by Crippen LogP contribution is -2.43. The Morgan fingerprint density at radius 2 is 1.81 bits per heavy atom. The molecule has 2 rings (SSSR count). The first-order valence-electron chi connectivity index (χ1n) is 7.32. The molecule has 1 aliphatic heterocycles. The predicted octanol–water partition coefficient (Wildman–Crippen LogP) is 1.16. The normalized spacial score (nSPS) is 19.6. The van der Waals surface area contributed by atoms with E-state index in [0.29, 0.717) is 18.0 Å². The topological polar surface area (TPSA) is 75.4 Å². The van der Waals surface area contributed by atoms with E-state index in [1.54, 1.807) is 24.3 Å². The molecule has 0 aliphatic carbocycles. The number of benzene rings is 1. The van der Waals surface area contributed by atoms with E-state index in [4.69, 9.17) is 5.73 Å². The Morgan fingerprint density at radius 3 is 2.33 bits per heavy atom. The molecule has 1 fully saturated rings. The summed E-state index contributed by atoms with van der Waals surface area (Å²) in [5.74, 6) is 0. The number of likely N-dealkylation sites (tertiary alicyclic amines) is 1. The van der Waals surface area contributed by atoms with Crippen LogP contribution in [0.4, 0.5) is 0 Å². The SMILES string of the molecule is CN1CCC(C)(CNS(=O)(=O)c2ccc(CN)cc2)CC1. The highest BCUT2D eigenvalue weighted by atomic mass is 32.2. The van der Waals surface area contributed by atoms with Crippen molar-refractivity contribution in [1.82, 2.24) is 9.62 Å². The van der Waals surface area contributed by atoms with Gasteiger partial charge in [0.05, 0.1) is 4.90 Å². The Kier molecular flexibility index (Phi) is 5.03. The monoisotopic (exact) mass is 311 g/mol. The molecule has 0 aromatic heterocycles. The van der Waals surface area contributed by atoms with E-state index in [9.17, 15) is 8.42 Å². The second-order valence-electron chi connectivity index (χ2n) is 6.29. The van der Waals surface area contributed by atoms with Crippen molar-refractivity contribution in [2.45, 2.75) is 31.2 Å². The lowest BCUT2D eigenvalue weighted by molar-refractivity contribution is 0.143. The third-order valence-corrected chi connectivity index (χ3v) is 5.77. The summed E-state index contributed by atoms with van der Waals surface area (Å²) in [6, 6.07) is 6.74. The lowest BCUT2D eigenvalue weighted by atomic mass is 9.81. The molecular weight excluding hydrogens is 286 g/mol. The van der Waals surface area contributed by atoms with Gasteiger partial charge >= 0.3 is 0 Å². The Bertz CT molecular complexity index is 561. The van der Waals surface area contributed by atoms with E-state index in [1.807, 2.05) is 0 Å². The maximum atomic E-state index is 12.3. The molecule has 0 spiro atoms. The van der Waals surface area contributed by atoms with E-state index in [2.05, 4.69) is 23.6 Å². The highest BCUT2D eigenvalue weighted by molar-refractivity contribution is 7.89. The average Bonchev–Trinajstić information content (AvgIpc) is 2.49. The number of nitrogens with one attached hydrogen (secondary N) is 1. The Labute approximate surface area is 127 Å². The van der Waals surface area contributed by atoms with Crippen LogP contribution in [0.15, 0.2) is 29.2 Å². The van der Waals surface area contributed by atoms with Crippen molar-refractivity contribution < 1.29 is 8.42 Å². The van der Waals surface area contributed by atoms with Crippen molar-refractivity contribution in [3.8, 4) is 0 Å². The first-order valence-corrected chi connectivity index (χ1v) is 8.80. The van der Waals surface area contributed by atoms with Crippen LogP contribution in [-0.2, 0) is 16.6 Å². The van der Waals surface area contributed by atoms with Gasteiger partial charge in [-0.2, -0.15) is 0 Å². The van der Waals surface area contributed by atoms with Gasteiger partial charge < -0.3 is 10.6 Å². The van der Waals surface area contributed by atoms with Gasteiger partial charge in [0.1, 0.15) is 0 Å². The van der Waals surface area contributed by atoms with Gasteiger partial charge in [-0.3, -0.25) is 0 Å². The molecule has 0 bridgehead atoms. The van der Waals surface area contributed by atoms with Crippen LogP contribution < -0.4 is 10.5 Å². The van der Waals surface area contributed by atoms with Crippen LogP contribution in [-0.4, -0.2) is 40.0 Å². The average molecular weight is 311 g/mol. The Balaban J connectivity index is 2.00. The molecule has 118 valence electrons. The minimum atomic E-state index is -3.44. The Morgan fingerprint density at radius 1 is 1.24 bits per heavy atom. The van der Waals surface area contributed by atoms with Gasteiger partial charge in [-0.25, -0.2) is 13.1 Å². The number of nitrogens with two attached hydrogens (primary N) is 1. The minimum Gasteiger partial charge on any atom is -0.326 e. The van der Waals surface area contributed by atoms with Crippen LogP contribution in [0, 0.1) is 5.41 Å². The van der Waals surface area contributed by atoms with E-state index in [0.717, 1.165) is 31.5 Å². The third kappa shape index (κ3) is 4.26. The van der Waals surface area contributed by atoms with Crippen molar-refractivity contribution in [1.29, 1.82) is 0 Å². The predicted molar refractivity (Wildman–Crippen MR) is 84.4 cm³/mol. The molecule has 21 heavy (non-hydrogen) atoms. The molecule has 1 heterocycles. The fourth-order valence-corrected chi connectivity index (χ4v) is 3.69. The minimum absolute atomic E-state index is 0.0385. The maximum absolute atomic E-state index is 12.3. The fourth-order valence-electron chi connectivity index (χ4n) is 2.49. The smallest absolute Gasteiger partial charge is 0.240 e. The number of hydrogen-bond donors (Lipinski definition) is 2. The molecule has 0 radical (unpaired) electrons. The van der Waals surface area contributed by atoms with Gasteiger partial charge in [-0.15, -0.1) is 0 Å². The van der Waals surface area contributed by atoms with Crippen LogP contribution >= 0.6 is 0 Å². The molecule has 1 aliphatic rings. The maximum Gasteiger partial charge on any atom is 0.240 e. The van der Waals surface area contributed by atoms with Gasteiger partial charge in [-0.05, 0) is 56.1 Å². The fraction of sp³-hybridized carbons (Fsp3) is 0.600. The van der Waals surface area contributed by atoms with E-state index < -0.39 is 10.0 Å². The first-order chi connectivity index (χ1) is 9.85. The van der Waals surface area contributed by atoms with Gasteiger partial charge in [0, 0.05) is 13.1 Å². The second kappa shape index (κ2) is 6.44. The zero-order valence-electron chi connectivity index (χ0n) is 12.8. The van der Waals surface area contributed by atoms with Crippen LogP contribution in [0.3, 0.4) is 0 Å². The van der Waals surface area contributed by atoms with Crippen molar-refractivity contribution >= 4 is 10.0 Å². The van der Waals surface area contributed by atoms with Crippen molar-refractivity contribution in [2.75, 3.05) is 26.7 Å². The number of rotatable bonds is 5. The standard InChI is InChI=1S/C15H25N3O2S/c1-15(7-9-18(2)10-8-15)12-17-21(19,20)14-5-3-13(11-16)4-6-14/h3-6,17H,7-12,16H2,1-2H3. The van der Waals surface area contributed by atoms with Gasteiger partial charge in [-0.1, -0.05) is 19.1 Å². The number of piperidine rings is 1. The highest BCUT2D eigenvalue weighted by Gasteiger charge is 2.30. The molecule has 0 unspecified atom stereocenters. The summed E-state index contributed by atoms with van der Waals surface area (Å²) in [4.78, 5) is 2.58. The molecule has 0 amide bonds. The molecule has 3 N–H and O–H groups in total. The van der Waals surface area contributed by atoms with E-state index >= 15 is 0 Å². The summed E-state index contributed by atoms with van der Waals surface area (Å²) in [6.45, 7) is 5.09. The molecule has 1 saturated heterocycles. The number of nitrogens with zero attached hydrogens (tertiary/aromatic N) is 1. The third-order valence-electron chi connectivity index (χ3n) is 4.35. The quantitative estimate of drug-likeness (QED) is 0.855. The van der Waals surface area contributed by atoms with E-state index in [1.165, 1.54) is 0 Å². The van der Waals surface area contributed by atoms with Gasteiger partial charge in [0.2, 0.25) is 10.0 Å². The van der Waals surface area contributed by atoms with Gasteiger partial charge in [0.15, 0.2) is 0 Å². The molecule has 0 atom stereocenters. The van der Waals surface area contributed by atoms with E-state index in [-0.39, 0.29) is 5.41 Å². The molecular formula is C15H25N3O2S. The summed E-state index contributed by atoms with van der Waals surface area (Å²) >= 11 is 0. The van der Waals surface area contributed by atoms with Crippen molar-refractivity contribution in [3.05, 3.63) is 29.8 Å². The van der Waals surface area contributed by atoms with Crippen LogP contribution in [0.25, 0.3) is 0 Å². The zero-order valence-corrected chi connectivity index (χ0v) is 13.6. The summed E-state index contributed by atoms with van der Waals surface area (Å²) in [7, 11) is -1.34. The molecule has 5 nitrogen and oxygen atoms in total. The van der Waals surface area contributed by atoms with Crippen LogP contribution in [0.1, 0.15) is 25.3 Å². The van der Waals surface area contributed by atoms with Crippen molar-refractivity contribution in [2.24, 2.45) is 11.1 Å². The molecule has 1 aromatic carbocycles.